The molecule has 96 valence electrons. The summed E-state index contributed by atoms with van der Waals surface area (Å²) in [6, 6.07) is 7.61. The predicted octanol–water partition coefficient (Wildman–Crippen LogP) is 4.44. The molecule has 18 heavy (non-hydrogen) atoms. The number of halogens is 2. The number of hydrogen-bond donors (Lipinski definition) is 1. The molecule has 2 atom stereocenters. The largest absolute Gasteiger partial charge is 0.303 e. The summed E-state index contributed by atoms with van der Waals surface area (Å²) in [7, 11) is 0. The molecule has 1 unspecified atom stereocenters. The second-order valence-electron chi connectivity index (χ2n) is 4.26. The Morgan fingerprint density at radius 1 is 1.00 bits per heavy atom. The van der Waals surface area contributed by atoms with E-state index in [0.29, 0.717) is 0 Å². The molecule has 1 N–H and O–H groups in total. The summed E-state index contributed by atoms with van der Waals surface area (Å²) in [4.78, 5) is 1.15. The molecular formula is C14H15F2NS. The molecule has 0 amide bonds. The molecule has 1 aromatic carbocycles. The van der Waals surface area contributed by atoms with Crippen LogP contribution in [0.5, 0.6) is 0 Å². The standard InChI is InChI=1S/C14H15F2NS/c1-9(13-7-4-8-18-13)17-10(2)14-11(15)5-3-6-12(14)16/h3-10,17H,1-2H3/t9-,10?/m1/s1. The fraction of sp³-hybridized carbons (Fsp3) is 0.286. The molecule has 1 nitrogen and oxygen atoms in total. The minimum atomic E-state index is -0.506. The first kappa shape index (κ1) is 13.2. The second-order valence-corrected chi connectivity index (χ2v) is 5.24. The van der Waals surface area contributed by atoms with Crippen molar-refractivity contribution >= 4 is 11.3 Å². The van der Waals surface area contributed by atoms with Crippen LogP contribution in [-0.4, -0.2) is 0 Å². The summed E-state index contributed by atoms with van der Waals surface area (Å²) in [6.07, 6.45) is 0. The fourth-order valence-electron chi connectivity index (χ4n) is 2.00. The number of thiophene rings is 1. The van der Waals surface area contributed by atoms with Gasteiger partial charge in [-0.15, -0.1) is 11.3 Å². The summed E-state index contributed by atoms with van der Waals surface area (Å²) in [5.74, 6) is -1.01. The maximum Gasteiger partial charge on any atom is 0.130 e. The van der Waals surface area contributed by atoms with Gasteiger partial charge in [0.2, 0.25) is 0 Å². The van der Waals surface area contributed by atoms with Gasteiger partial charge in [-0.2, -0.15) is 0 Å². The van der Waals surface area contributed by atoms with Gasteiger partial charge in [-0.1, -0.05) is 12.1 Å². The van der Waals surface area contributed by atoms with E-state index in [9.17, 15) is 8.78 Å². The highest BCUT2D eigenvalue weighted by molar-refractivity contribution is 7.10. The predicted molar refractivity (Wildman–Crippen MR) is 70.6 cm³/mol. The Hall–Kier alpha value is -1.26. The Balaban J connectivity index is 2.15. The maximum atomic E-state index is 13.6. The van der Waals surface area contributed by atoms with E-state index in [4.69, 9.17) is 0 Å². The van der Waals surface area contributed by atoms with Gasteiger partial charge >= 0.3 is 0 Å². The van der Waals surface area contributed by atoms with Gasteiger partial charge in [0.1, 0.15) is 11.6 Å². The Morgan fingerprint density at radius 2 is 1.67 bits per heavy atom. The van der Waals surface area contributed by atoms with Crippen LogP contribution in [0.2, 0.25) is 0 Å². The number of rotatable bonds is 4. The maximum absolute atomic E-state index is 13.6. The van der Waals surface area contributed by atoms with Crippen LogP contribution in [-0.2, 0) is 0 Å². The van der Waals surface area contributed by atoms with Crippen LogP contribution >= 0.6 is 11.3 Å². The van der Waals surface area contributed by atoms with Crippen molar-refractivity contribution in [3.05, 3.63) is 57.8 Å². The van der Waals surface area contributed by atoms with Crippen molar-refractivity contribution in [3.63, 3.8) is 0 Å². The molecule has 1 heterocycles. The third-order valence-corrected chi connectivity index (χ3v) is 3.96. The number of nitrogens with one attached hydrogen (secondary N) is 1. The summed E-state index contributed by atoms with van der Waals surface area (Å²) in [5, 5.41) is 5.20. The van der Waals surface area contributed by atoms with Crippen LogP contribution in [0.4, 0.5) is 8.78 Å². The Morgan fingerprint density at radius 3 is 2.22 bits per heavy atom. The normalized spacial score (nSPS) is 14.4. The summed E-state index contributed by atoms with van der Waals surface area (Å²) >= 11 is 1.63. The zero-order valence-corrected chi connectivity index (χ0v) is 11.1. The first-order valence-electron chi connectivity index (χ1n) is 5.83. The van der Waals surface area contributed by atoms with Gasteiger partial charge in [-0.05, 0) is 37.4 Å². The molecule has 0 bridgehead atoms. The first-order valence-corrected chi connectivity index (χ1v) is 6.71. The number of benzene rings is 1. The molecule has 0 aliphatic carbocycles. The molecule has 0 fully saturated rings. The highest BCUT2D eigenvalue weighted by atomic mass is 32.1. The van der Waals surface area contributed by atoms with Crippen molar-refractivity contribution in [1.82, 2.24) is 5.32 Å². The summed E-state index contributed by atoms with van der Waals surface area (Å²) < 4.78 is 27.2. The van der Waals surface area contributed by atoms with Crippen LogP contribution in [0.25, 0.3) is 0 Å². The minimum absolute atomic E-state index is 0.0685. The first-order chi connectivity index (χ1) is 8.59. The van der Waals surface area contributed by atoms with E-state index in [1.165, 1.54) is 18.2 Å². The monoisotopic (exact) mass is 267 g/mol. The molecule has 0 aliphatic heterocycles. The van der Waals surface area contributed by atoms with Crippen LogP contribution in [0, 0.1) is 11.6 Å². The lowest BCUT2D eigenvalue weighted by Crippen LogP contribution is -2.23. The lowest BCUT2D eigenvalue weighted by Gasteiger charge is -2.20. The third kappa shape index (κ3) is 2.76. The molecule has 0 saturated carbocycles. The molecule has 0 aliphatic rings. The fourth-order valence-corrected chi connectivity index (χ4v) is 2.75. The van der Waals surface area contributed by atoms with E-state index >= 15 is 0 Å². The lowest BCUT2D eigenvalue weighted by atomic mass is 10.1. The van der Waals surface area contributed by atoms with Crippen molar-refractivity contribution < 1.29 is 8.78 Å². The van der Waals surface area contributed by atoms with Gasteiger partial charge in [0.15, 0.2) is 0 Å². The molecule has 0 spiro atoms. The smallest absolute Gasteiger partial charge is 0.130 e. The molecule has 2 rings (SSSR count). The van der Waals surface area contributed by atoms with Gasteiger partial charge in [0, 0.05) is 22.5 Å². The Kier molecular flexibility index (Phi) is 4.09. The molecule has 0 radical (unpaired) electrons. The van der Waals surface area contributed by atoms with Crippen molar-refractivity contribution in [2.75, 3.05) is 0 Å². The zero-order chi connectivity index (χ0) is 13.1. The van der Waals surface area contributed by atoms with E-state index in [1.54, 1.807) is 18.3 Å². The van der Waals surface area contributed by atoms with Crippen LogP contribution in [0.3, 0.4) is 0 Å². The average molecular weight is 267 g/mol. The van der Waals surface area contributed by atoms with Gasteiger partial charge in [-0.3, -0.25) is 0 Å². The average Bonchev–Trinajstić information content (AvgIpc) is 2.81. The van der Waals surface area contributed by atoms with Crippen LogP contribution in [0.15, 0.2) is 35.7 Å². The van der Waals surface area contributed by atoms with E-state index in [0.717, 1.165) is 4.88 Å². The van der Waals surface area contributed by atoms with E-state index < -0.39 is 11.6 Å². The lowest BCUT2D eigenvalue weighted by molar-refractivity contribution is 0.453. The summed E-state index contributed by atoms with van der Waals surface area (Å²) in [6.45, 7) is 3.76. The van der Waals surface area contributed by atoms with Crippen molar-refractivity contribution in [2.45, 2.75) is 25.9 Å². The van der Waals surface area contributed by atoms with Crippen molar-refractivity contribution in [1.29, 1.82) is 0 Å². The summed E-state index contributed by atoms with van der Waals surface area (Å²) in [5.41, 5.74) is 0.0981. The van der Waals surface area contributed by atoms with E-state index in [2.05, 4.69) is 5.32 Å². The minimum Gasteiger partial charge on any atom is -0.303 e. The molecule has 1 aromatic heterocycles. The van der Waals surface area contributed by atoms with Gasteiger partial charge in [0.05, 0.1) is 0 Å². The van der Waals surface area contributed by atoms with Gasteiger partial charge in [0.25, 0.3) is 0 Å². The molecule has 4 heteroatoms. The van der Waals surface area contributed by atoms with Gasteiger partial charge < -0.3 is 5.32 Å². The van der Waals surface area contributed by atoms with Crippen molar-refractivity contribution in [3.8, 4) is 0 Å². The van der Waals surface area contributed by atoms with E-state index in [-0.39, 0.29) is 17.6 Å². The van der Waals surface area contributed by atoms with Crippen LogP contribution in [0.1, 0.15) is 36.4 Å². The van der Waals surface area contributed by atoms with Crippen molar-refractivity contribution in [2.24, 2.45) is 0 Å². The number of hydrogen-bond acceptors (Lipinski definition) is 2. The molecule has 2 aromatic rings. The second kappa shape index (κ2) is 5.59. The Bertz CT molecular complexity index is 490. The topological polar surface area (TPSA) is 12.0 Å². The van der Waals surface area contributed by atoms with Gasteiger partial charge in [-0.25, -0.2) is 8.78 Å². The highest BCUT2D eigenvalue weighted by Gasteiger charge is 2.18. The quantitative estimate of drug-likeness (QED) is 0.863. The highest BCUT2D eigenvalue weighted by Crippen LogP contribution is 2.25. The third-order valence-electron chi connectivity index (χ3n) is 2.90. The Labute approximate surface area is 109 Å². The molecular weight excluding hydrogens is 252 g/mol. The van der Waals surface area contributed by atoms with Crippen LogP contribution < -0.4 is 5.32 Å². The zero-order valence-electron chi connectivity index (χ0n) is 10.3. The molecule has 0 saturated heterocycles. The van der Waals surface area contributed by atoms with E-state index in [1.807, 2.05) is 24.4 Å². The SMILES string of the molecule is CC(N[C@H](C)c1cccs1)c1c(F)cccc1F.